The second-order valence-electron chi connectivity index (χ2n) is 7.83. The molecule has 8 nitrogen and oxygen atoms in total. The number of methoxy groups -OCH3 is 1. The van der Waals surface area contributed by atoms with E-state index in [0.717, 1.165) is 16.3 Å². The fourth-order valence-corrected chi connectivity index (χ4v) is 4.74. The highest BCUT2D eigenvalue weighted by atomic mass is 79.9. The Morgan fingerprint density at radius 2 is 1.76 bits per heavy atom. The third-order valence-electron chi connectivity index (χ3n) is 5.29. The first-order chi connectivity index (χ1) is 16.1. The molecule has 0 bridgehead atoms. The number of amides is 2. The molecular formula is C24H32BrN3O5S. The van der Waals surface area contributed by atoms with E-state index in [-0.39, 0.29) is 37.7 Å². The van der Waals surface area contributed by atoms with Gasteiger partial charge in [-0.05, 0) is 50.1 Å². The van der Waals surface area contributed by atoms with Crippen LogP contribution in [0.4, 0.5) is 5.69 Å². The number of anilines is 1. The van der Waals surface area contributed by atoms with E-state index in [1.54, 1.807) is 31.2 Å². The zero-order valence-electron chi connectivity index (χ0n) is 20.0. The molecule has 0 aromatic heterocycles. The minimum absolute atomic E-state index is 0.0848. The second-order valence-corrected chi connectivity index (χ2v) is 10.7. The number of hydrogen-bond acceptors (Lipinski definition) is 5. The largest absolute Gasteiger partial charge is 0.495 e. The number of nitrogens with zero attached hydrogens (tertiary/aromatic N) is 2. The zero-order chi connectivity index (χ0) is 25.3. The van der Waals surface area contributed by atoms with Gasteiger partial charge in [0.15, 0.2) is 0 Å². The van der Waals surface area contributed by atoms with Crippen LogP contribution in [0.25, 0.3) is 0 Å². The van der Waals surface area contributed by atoms with Crippen LogP contribution in [0, 0.1) is 0 Å². The number of rotatable bonds is 12. The van der Waals surface area contributed by atoms with Gasteiger partial charge in [-0.3, -0.25) is 13.9 Å². The van der Waals surface area contributed by atoms with Gasteiger partial charge in [-0.2, -0.15) is 0 Å². The van der Waals surface area contributed by atoms with Crippen LogP contribution in [0.5, 0.6) is 5.75 Å². The SMILES string of the molecule is CCNC(=O)C(C)N(Cc1ccc(Br)cc1)C(=O)CCCN(c1ccccc1OC)S(C)(=O)=O. The van der Waals surface area contributed by atoms with Crippen LogP contribution in [0.2, 0.25) is 0 Å². The van der Waals surface area contributed by atoms with Crippen molar-refractivity contribution >= 4 is 43.5 Å². The number of ether oxygens (including phenoxy) is 1. The number of sulfonamides is 1. The van der Waals surface area contributed by atoms with E-state index in [4.69, 9.17) is 4.74 Å². The van der Waals surface area contributed by atoms with Crippen LogP contribution in [0.1, 0.15) is 32.3 Å². The molecule has 0 heterocycles. The molecule has 2 aromatic rings. The Bertz CT molecular complexity index is 1080. The Labute approximate surface area is 210 Å². The number of halogens is 1. The number of hydrogen-bond donors (Lipinski definition) is 1. The van der Waals surface area contributed by atoms with Crippen molar-refractivity contribution in [2.24, 2.45) is 0 Å². The molecule has 0 fully saturated rings. The lowest BCUT2D eigenvalue weighted by Gasteiger charge is -2.29. The summed E-state index contributed by atoms with van der Waals surface area (Å²) in [5.41, 5.74) is 1.31. The van der Waals surface area contributed by atoms with Crippen LogP contribution in [0.15, 0.2) is 53.0 Å². The van der Waals surface area contributed by atoms with Crippen LogP contribution in [-0.4, -0.2) is 57.6 Å². The van der Waals surface area contributed by atoms with Crippen LogP contribution < -0.4 is 14.4 Å². The van der Waals surface area contributed by atoms with E-state index in [1.165, 1.54) is 16.3 Å². The average molecular weight is 555 g/mol. The van der Waals surface area contributed by atoms with Gasteiger partial charge in [0.2, 0.25) is 21.8 Å². The highest BCUT2D eigenvalue weighted by Gasteiger charge is 2.27. The summed E-state index contributed by atoms with van der Waals surface area (Å²) in [6.07, 6.45) is 1.49. The van der Waals surface area contributed by atoms with Gasteiger partial charge in [-0.25, -0.2) is 8.42 Å². The Morgan fingerprint density at radius 3 is 2.35 bits per heavy atom. The number of carbonyl (C=O) groups excluding carboxylic acids is 2. The van der Waals surface area contributed by atoms with Gasteiger partial charge in [-0.1, -0.05) is 40.2 Å². The first-order valence-corrected chi connectivity index (χ1v) is 13.6. The molecule has 2 rings (SSSR count). The summed E-state index contributed by atoms with van der Waals surface area (Å²) in [7, 11) is -2.12. The van der Waals surface area contributed by atoms with E-state index >= 15 is 0 Å². The number of para-hydroxylation sites is 2. The summed E-state index contributed by atoms with van der Waals surface area (Å²) in [6, 6.07) is 13.7. The first kappa shape index (κ1) is 27.7. The molecule has 0 aliphatic carbocycles. The highest BCUT2D eigenvalue weighted by molar-refractivity contribution is 9.10. The van der Waals surface area contributed by atoms with Gasteiger partial charge in [-0.15, -0.1) is 0 Å². The molecule has 0 aliphatic rings. The van der Waals surface area contributed by atoms with Crippen molar-refractivity contribution in [2.45, 2.75) is 39.3 Å². The van der Waals surface area contributed by atoms with Crippen molar-refractivity contribution in [3.63, 3.8) is 0 Å². The van der Waals surface area contributed by atoms with E-state index in [0.29, 0.717) is 18.0 Å². The quantitative estimate of drug-likeness (QED) is 0.433. The van der Waals surface area contributed by atoms with Crippen LogP contribution >= 0.6 is 15.9 Å². The van der Waals surface area contributed by atoms with Gasteiger partial charge in [0.25, 0.3) is 0 Å². The molecule has 0 aliphatic heterocycles. The predicted octanol–water partition coefficient (Wildman–Crippen LogP) is 3.56. The van der Waals surface area contributed by atoms with Crippen molar-refractivity contribution < 1.29 is 22.7 Å². The maximum Gasteiger partial charge on any atom is 0.242 e. The molecule has 10 heteroatoms. The molecule has 0 saturated carbocycles. The maximum atomic E-state index is 13.2. The molecule has 2 aromatic carbocycles. The van der Waals surface area contributed by atoms with E-state index in [2.05, 4.69) is 21.2 Å². The monoisotopic (exact) mass is 553 g/mol. The number of benzene rings is 2. The standard InChI is InChI=1S/C24H32BrN3O5S/c1-5-26-24(30)18(2)27(17-19-12-14-20(25)15-13-19)23(29)11-8-16-28(34(4,31)32)21-9-6-7-10-22(21)33-3/h6-7,9-10,12-15,18H,5,8,11,16-17H2,1-4H3,(H,26,30). The van der Waals surface area contributed by atoms with Gasteiger partial charge < -0.3 is 15.0 Å². The van der Waals surface area contributed by atoms with Crippen molar-refractivity contribution in [2.75, 3.05) is 30.8 Å². The Kier molecular flexibility index (Phi) is 10.4. The molecule has 0 radical (unpaired) electrons. The third-order valence-corrected chi connectivity index (χ3v) is 7.00. The molecule has 34 heavy (non-hydrogen) atoms. The minimum atomic E-state index is -3.60. The van der Waals surface area contributed by atoms with Gasteiger partial charge in [0, 0.05) is 30.5 Å². The van der Waals surface area contributed by atoms with Gasteiger partial charge in [0.1, 0.15) is 11.8 Å². The van der Waals surface area contributed by atoms with E-state index < -0.39 is 16.1 Å². The third kappa shape index (κ3) is 7.73. The number of carbonyl (C=O) groups is 2. The molecular weight excluding hydrogens is 522 g/mol. The molecule has 1 unspecified atom stereocenters. The van der Waals surface area contributed by atoms with Gasteiger partial charge >= 0.3 is 0 Å². The highest BCUT2D eigenvalue weighted by Crippen LogP contribution is 2.29. The van der Waals surface area contributed by atoms with Crippen molar-refractivity contribution in [1.29, 1.82) is 0 Å². The fourth-order valence-electron chi connectivity index (χ4n) is 3.51. The summed E-state index contributed by atoms with van der Waals surface area (Å²) in [6.45, 7) is 4.35. The first-order valence-electron chi connectivity index (χ1n) is 11.0. The van der Waals surface area contributed by atoms with Crippen LogP contribution in [-0.2, 0) is 26.2 Å². The molecule has 2 amide bonds. The van der Waals surface area contributed by atoms with Gasteiger partial charge in [0.05, 0.1) is 19.1 Å². The normalized spacial score (nSPS) is 12.0. The Balaban J connectivity index is 2.17. The maximum absolute atomic E-state index is 13.2. The lowest BCUT2D eigenvalue weighted by Crippen LogP contribution is -2.47. The summed E-state index contributed by atoms with van der Waals surface area (Å²) < 4.78 is 32.4. The second kappa shape index (κ2) is 12.8. The average Bonchev–Trinajstić information content (AvgIpc) is 2.80. The smallest absolute Gasteiger partial charge is 0.242 e. The summed E-state index contributed by atoms with van der Waals surface area (Å²) in [5.74, 6) is -0.0316. The zero-order valence-corrected chi connectivity index (χ0v) is 22.4. The fraction of sp³-hybridized carbons (Fsp3) is 0.417. The summed E-state index contributed by atoms with van der Waals surface area (Å²) >= 11 is 3.40. The van der Waals surface area contributed by atoms with E-state index in [1.807, 2.05) is 31.2 Å². The minimum Gasteiger partial charge on any atom is -0.495 e. The topological polar surface area (TPSA) is 96.0 Å². The lowest BCUT2D eigenvalue weighted by atomic mass is 10.1. The molecule has 186 valence electrons. The Morgan fingerprint density at radius 1 is 1.12 bits per heavy atom. The lowest BCUT2D eigenvalue weighted by molar-refractivity contribution is -0.140. The summed E-state index contributed by atoms with van der Waals surface area (Å²) in [4.78, 5) is 27.2. The molecule has 0 spiro atoms. The summed E-state index contributed by atoms with van der Waals surface area (Å²) in [5, 5.41) is 2.76. The molecule has 1 N–H and O–H groups in total. The molecule has 0 saturated heterocycles. The van der Waals surface area contributed by atoms with Crippen molar-refractivity contribution in [3.05, 3.63) is 58.6 Å². The number of likely N-dealkylation sites (N-methyl/N-ethyl adjacent to an activating group) is 1. The van der Waals surface area contributed by atoms with Crippen molar-refractivity contribution in [3.8, 4) is 5.75 Å². The van der Waals surface area contributed by atoms with Crippen LogP contribution in [0.3, 0.4) is 0 Å². The number of nitrogens with one attached hydrogen (secondary N) is 1. The molecule has 1 atom stereocenters. The van der Waals surface area contributed by atoms with Crippen molar-refractivity contribution in [1.82, 2.24) is 10.2 Å². The Hall–Kier alpha value is -2.59. The predicted molar refractivity (Wildman–Crippen MR) is 137 cm³/mol. The van der Waals surface area contributed by atoms with E-state index in [9.17, 15) is 18.0 Å².